The molecule has 1 unspecified atom stereocenters. The molecule has 6 aliphatic rings. The van der Waals surface area contributed by atoms with Crippen molar-refractivity contribution in [2.24, 2.45) is 46.8 Å². The number of hydrogen-bond acceptors (Lipinski definition) is 2. The molecule has 0 aromatic rings. The minimum atomic E-state index is -7.27. The van der Waals surface area contributed by atoms with E-state index >= 15 is 0 Å². The summed E-state index contributed by atoms with van der Waals surface area (Å²) < 4.78 is 160. The Morgan fingerprint density at radius 1 is 0.655 bits per heavy atom. The largest absolute Gasteiger partial charge is 0.457 e. The Balaban J connectivity index is 1.52. The van der Waals surface area contributed by atoms with Crippen molar-refractivity contribution in [3.63, 3.8) is 0 Å². The molecule has 1 atom stereocenters. The van der Waals surface area contributed by atoms with Crippen molar-refractivity contribution in [2.45, 2.75) is 36.2 Å². The summed E-state index contributed by atoms with van der Waals surface area (Å²) in [6, 6.07) is 0. The van der Waals surface area contributed by atoms with E-state index in [1.807, 2.05) is 0 Å². The van der Waals surface area contributed by atoms with Crippen molar-refractivity contribution in [1.29, 1.82) is 0 Å². The molecule has 0 aliphatic heterocycles. The first-order valence-electron chi connectivity index (χ1n) is 8.36. The highest BCUT2D eigenvalue weighted by Gasteiger charge is 3.07. The van der Waals surface area contributed by atoms with Crippen LogP contribution in [0.2, 0.25) is 0 Å². The van der Waals surface area contributed by atoms with Gasteiger partial charge in [-0.25, -0.2) is 4.39 Å². The lowest BCUT2D eigenvalue weighted by Crippen LogP contribution is -3.06. The Hall–Kier alpha value is -1.37. The Morgan fingerprint density at radius 2 is 1.03 bits per heavy atom. The maximum atomic E-state index is 14.2. The van der Waals surface area contributed by atoms with Gasteiger partial charge in [0.25, 0.3) is 0 Å². The average molecular weight is 448 g/mol. The van der Waals surface area contributed by atoms with Gasteiger partial charge in [0.05, 0.1) is 5.41 Å². The number of carbonyl (C=O) groups is 1. The minimum absolute atomic E-state index is 0.0375. The average Bonchev–Trinajstić information content (AvgIpc) is 2.55. The summed E-state index contributed by atoms with van der Waals surface area (Å²) in [5.74, 6) is -10.4. The smallest absolute Gasteiger partial charge is 0.451 e. The van der Waals surface area contributed by atoms with Crippen LogP contribution < -0.4 is 0 Å². The molecule has 0 amide bonds. The van der Waals surface area contributed by atoms with Crippen LogP contribution in [0.15, 0.2) is 0 Å². The summed E-state index contributed by atoms with van der Waals surface area (Å²) in [7, 11) is 0. The van der Waals surface area contributed by atoms with E-state index in [-0.39, 0.29) is 23.7 Å². The first-order valence-corrected chi connectivity index (χ1v) is 8.36. The maximum absolute atomic E-state index is 14.2. The summed E-state index contributed by atoms with van der Waals surface area (Å²) >= 11 is 0. The third-order valence-corrected chi connectivity index (χ3v) is 7.95. The third-order valence-electron chi connectivity index (χ3n) is 7.95. The molecule has 0 aromatic carbocycles. The Labute approximate surface area is 152 Å². The minimum Gasteiger partial charge on any atom is -0.451 e. The van der Waals surface area contributed by atoms with Gasteiger partial charge in [0.2, 0.25) is 6.10 Å². The van der Waals surface area contributed by atoms with Gasteiger partial charge < -0.3 is 4.74 Å². The van der Waals surface area contributed by atoms with Crippen LogP contribution in [0, 0.1) is 46.8 Å². The SMILES string of the molecule is O=C(OC(C(F)(F)C(F)(F)F)C(F)(C(F)(F)F)C(F)(F)F)C12C3C4C5C3C1C5C42. The molecule has 0 N–H and O–H groups in total. The van der Waals surface area contributed by atoms with Crippen molar-refractivity contribution in [1.82, 2.24) is 0 Å². The molecular weight excluding hydrogens is 440 g/mol. The van der Waals surface area contributed by atoms with E-state index in [1.54, 1.807) is 0 Å². The second-order valence-electron chi connectivity index (χ2n) is 8.43. The van der Waals surface area contributed by atoms with Crippen molar-refractivity contribution >= 4 is 5.97 Å². The van der Waals surface area contributed by atoms with Gasteiger partial charge in [0.15, 0.2) is 0 Å². The summed E-state index contributed by atoms with van der Waals surface area (Å²) in [6.45, 7) is 0. The molecular formula is C15H8F12O2. The number of carbonyl (C=O) groups excluding carboxylic acids is 1. The normalized spacial score (nSPS) is 45.0. The molecule has 6 aliphatic carbocycles. The number of esters is 1. The van der Waals surface area contributed by atoms with Gasteiger partial charge in [-0.3, -0.25) is 4.79 Å². The van der Waals surface area contributed by atoms with E-state index in [9.17, 15) is 57.5 Å². The molecule has 2 nitrogen and oxygen atoms in total. The van der Waals surface area contributed by atoms with E-state index in [0.29, 0.717) is 0 Å². The maximum Gasteiger partial charge on any atom is 0.457 e. The van der Waals surface area contributed by atoms with E-state index in [0.717, 1.165) is 0 Å². The second-order valence-corrected chi connectivity index (χ2v) is 8.43. The van der Waals surface area contributed by atoms with Gasteiger partial charge in [-0.1, -0.05) is 0 Å². The second kappa shape index (κ2) is 4.46. The topological polar surface area (TPSA) is 26.3 Å². The van der Waals surface area contributed by atoms with Crippen LogP contribution in [0.1, 0.15) is 0 Å². The molecule has 164 valence electrons. The van der Waals surface area contributed by atoms with E-state index in [4.69, 9.17) is 0 Å². The summed E-state index contributed by atoms with van der Waals surface area (Å²) in [5.41, 5.74) is -8.78. The van der Waals surface area contributed by atoms with Crippen molar-refractivity contribution in [2.75, 3.05) is 0 Å². The first kappa shape index (κ1) is 19.6. The van der Waals surface area contributed by atoms with Gasteiger partial charge in [-0.15, -0.1) is 0 Å². The zero-order chi connectivity index (χ0) is 21.9. The van der Waals surface area contributed by atoms with Gasteiger partial charge in [-0.2, -0.15) is 48.3 Å². The number of ether oxygens (including phenoxy) is 1. The Morgan fingerprint density at radius 3 is 1.34 bits per heavy atom. The quantitative estimate of drug-likeness (QED) is 0.474. The van der Waals surface area contributed by atoms with Crippen LogP contribution in [0.25, 0.3) is 0 Å². The fourth-order valence-corrected chi connectivity index (χ4v) is 7.06. The molecule has 0 bridgehead atoms. The molecule has 0 spiro atoms. The summed E-state index contributed by atoms with van der Waals surface area (Å²) in [6.07, 6.45) is -27.1. The lowest BCUT2D eigenvalue weighted by atomic mass is 8.96. The molecule has 0 heterocycles. The lowest BCUT2D eigenvalue weighted by Gasteiger charge is -3.06. The van der Waals surface area contributed by atoms with Gasteiger partial charge in [0.1, 0.15) is 0 Å². The zero-order valence-corrected chi connectivity index (χ0v) is 13.5. The monoisotopic (exact) mass is 448 g/mol. The van der Waals surface area contributed by atoms with Crippen LogP contribution in [0.4, 0.5) is 52.7 Å². The molecule has 6 saturated carbocycles. The van der Waals surface area contributed by atoms with Crippen molar-refractivity contribution in [3.8, 4) is 0 Å². The van der Waals surface area contributed by atoms with Crippen LogP contribution >= 0.6 is 0 Å². The number of alkyl halides is 12. The fourth-order valence-electron chi connectivity index (χ4n) is 7.06. The van der Waals surface area contributed by atoms with E-state index < -0.39 is 65.4 Å². The van der Waals surface area contributed by atoms with Gasteiger partial charge in [0, 0.05) is 0 Å². The van der Waals surface area contributed by atoms with Crippen LogP contribution in [-0.2, 0) is 9.53 Å². The fraction of sp³-hybridized carbons (Fsp3) is 0.933. The Bertz CT molecular complexity index is 743. The highest BCUT2D eigenvalue weighted by atomic mass is 19.4. The molecule has 6 fully saturated rings. The number of halogens is 12. The molecule has 14 heteroatoms. The number of rotatable bonds is 4. The molecule has 29 heavy (non-hydrogen) atoms. The van der Waals surface area contributed by atoms with E-state index in [1.165, 1.54) is 0 Å². The molecule has 0 radical (unpaired) electrons. The standard InChI is InChI=1S/C15H8F12O2/c16-11(13(19,20)21,14(22,23)24)8(12(17,18)15(25,26)27)29-9(28)10-5-2-1-3(5)7(10)4(1)6(2)10/h1-8H. The number of hydrogen-bond donors (Lipinski definition) is 0. The molecule has 0 saturated heterocycles. The van der Waals surface area contributed by atoms with Crippen molar-refractivity contribution < 1.29 is 62.2 Å². The van der Waals surface area contributed by atoms with Crippen LogP contribution in [0.5, 0.6) is 0 Å². The van der Waals surface area contributed by atoms with Crippen LogP contribution in [-0.4, -0.2) is 42.2 Å². The van der Waals surface area contributed by atoms with Crippen LogP contribution in [0.3, 0.4) is 0 Å². The predicted molar refractivity (Wildman–Crippen MR) is 63.7 cm³/mol. The molecule has 0 aromatic heterocycles. The van der Waals surface area contributed by atoms with Gasteiger partial charge >= 0.3 is 36.1 Å². The highest BCUT2D eigenvalue weighted by molar-refractivity contribution is 5.87. The highest BCUT2D eigenvalue weighted by Crippen LogP contribution is 3.06. The summed E-state index contributed by atoms with van der Waals surface area (Å²) in [4.78, 5) is 12.3. The first-order chi connectivity index (χ1) is 12.9. The third kappa shape index (κ3) is 1.56. The lowest BCUT2D eigenvalue weighted by molar-refractivity contribution is -0.599. The summed E-state index contributed by atoms with van der Waals surface area (Å²) in [5, 5.41) is 0. The zero-order valence-electron chi connectivity index (χ0n) is 13.5. The Kier molecular flexibility index (Phi) is 3.01. The molecule has 6 rings (SSSR count). The van der Waals surface area contributed by atoms with Gasteiger partial charge in [-0.05, 0) is 41.4 Å². The van der Waals surface area contributed by atoms with E-state index in [2.05, 4.69) is 4.74 Å². The van der Waals surface area contributed by atoms with Crippen molar-refractivity contribution in [3.05, 3.63) is 0 Å². The predicted octanol–water partition coefficient (Wildman–Crippen LogP) is 4.30.